The molecule has 0 spiro atoms. The molecule has 7 nitrogen and oxygen atoms in total. The first-order valence-electron chi connectivity index (χ1n) is 10.7. The minimum atomic E-state index is -0.248. The largest absolute Gasteiger partial charge is 0.448 e. The van der Waals surface area contributed by atoms with Gasteiger partial charge in [0.1, 0.15) is 11.1 Å². The molecule has 5 rings (SSSR count). The van der Waals surface area contributed by atoms with Gasteiger partial charge >= 0.3 is 0 Å². The van der Waals surface area contributed by atoms with E-state index >= 15 is 0 Å². The lowest BCUT2D eigenvalue weighted by atomic mass is 10.2. The maximum atomic E-state index is 13.4. The zero-order chi connectivity index (χ0) is 22.8. The van der Waals surface area contributed by atoms with E-state index in [1.54, 1.807) is 16.3 Å². The molecule has 0 unspecified atom stereocenters. The molecule has 0 radical (unpaired) electrons. The van der Waals surface area contributed by atoms with Crippen LogP contribution in [0.3, 0.4) is 0 Å². The number of carbonyl (C=O) groups is 1. The Morgan fingerprint density at radius 2 is 2.12 bits per heavy atom. The van der Waals surface area contributed by atoms with Gasteiger partial charge in [0.25, 0.3) is 5.56 Å². The number of amides is 1. The van der Waals surface area contributed by atoms with Gasteiger partial charge in [0.15, 0.2) is 5.16 Å². The molecule has 1 fully saturated rings. The van der Waals surface area contributed by atoms with Crippen LogP contribution < -0.4 is 10.9 Å². The predicted molar refractivity (Wildman–Crippen MR) is 132 cm³/mol. The quantitative estimate of drug-likeness (QED) is 0.300. The van der Waals surface area contributed by atoms with E-state index in [1.165, 1.54) is 11.8 Å². The first kappa shape index (κ1) is 22.1. The second-order valence-electron chi connectivity index (χ2n) is 7.79. The number of ether oxygens (including phenoxy) is 1. The number of hydrogen-bond donors (Lipinski definition) is 1. The maximum Gasteiger partial charge on any atom is 0.297 e. The Kier molecular flexibility index (Phi) is 6.43. The van der Waals surface area contributed by atoms with Gasteiger partial charge in [-0.2, -0.15) is 0 Å². The van der Waals surface area contributed by atoms with Crippen molar-refractivity contribution in [2.75, 3.05) is 23.9 Å². The summed E-state index contributed by atoms with van der Waals surface area (Å²) in [7, 11) is 0. The van der Waals surface area contributed by atoms with E-state index in [4.69, 9.17) is 14.1 Å². The van der Waals surface area contributed by atoms with Crippen molar-refractivity contribution >= 4 is 57.2 Å². The number of benzene rings is 2. The highest BCUT2D eigenvalue weighted by atomic mass is 32.2. The molecule has 0 aliphatic carbocycles. The third-order valence-electron chi connectivity index (χ3n) is 5.54. The zero-order valence-corrected chi connectivity index (χ0v) is 19.7. The van der Waals surface area contributed by atoms with Gasteiger partial charge in [-0.05, 0) is 49.4 Å². The molecule has 1 aliphatic rings. The summed E-state index contributed by atoms with van der Waals surface area (Å²) in [6, 6.07) is 15.2. The number of fused-ring (bicyclic) bond motifs is 3. The van der Waals surface area contributed by atoms with Crippen LogP contribution in [0.25, 0.3) is 22.1 Å². The Bertz CT molecular complexity index is 1380. The van der Waals surface area contributed by atoms with Gasteiger partial charge < -0.3 is 14.5 Å². The van der Waals surface area contributed by atoms with Gasteiger partial charge in [-0.15, -0.1) is 11.8 Å². The van der Waals surface area contributed by atoms with Crippen LogP contribution in [0, 0.1) is 0 Å². The highest BCUT2D eigenvalue weighted by molar-refractivity contribution is 7.99. The van der Waals surface area contributed by atoms with Crippen molar-refractivity contribution in [2.24, 2.45) is 0 Å². The average molecular weight is 482 g/mol. The van der Waals surface area contributed by atoms with Crippen molar-refractivity contribution in [2.45, 2.75) is 35.5 Å². The zero-order valence-electron chi connectivity index (χ0n) is 18.1. The highest BCUT2D eigenvalue weighted by Crippen LogP contribution is 2.28. The molecule has 0 saturated carbocycles. The van der Waals surface area contributed by atoms with Crippen LogP contribution in [0.1, 0.15) is 12.8 Å². The summed E-state index contributed by atoms with van der Waals surface area (Å²) in [6.07, 6.45) is 3.81. The molecule has 33 heavy (non-hydrogen) atoms. The second-order valence-corrected chi connectivity index (χ2v) is 9.61. The van der Waals surface area contributed by atoms with E-state index in [0.29, 0.717) is 29.4 Å². The molecule has 1 atom stereocenters. The number of hydrogen-bond acceptors (Lipinski definition) is 7. The summed E-state index contributed by atoms with van der Waals surface area (Å²) in [5.41, 5.74) is 1.87. The average Bonchev–Trinajstić information content (AvgIpc) is 3.48. The van der Waals surface area contributed by atoms with Crippen molar-refractivity contribution in [1.82, 2.24) is 9.55 Å². The first-order chi connectivity index (χ1) is 16.1. The fourth-order valence-electron chi connectivity index (χ4n) is 3.94. The number of rotatable bonds is 7. The lowest BCUT2D eigenvalue weighted by Gasteiger charge is -2.15. The molecule has 1 saturated heterocycles. The van der Waals surface area contributed by atoms with Crippen molar-refractivity contribution in [3.8, 4) is 0 Å². The normalized spacial score (nSPS) is 16.0. The molecule has 4 aromatic rings. The van der Waals surface area contributed by atoms with Crippen LogP contribution in [-0.4, -0.2) is 40.2 Å². The van der Waals surface area contributed by atoms with Crippen molar-refractivity contribution in [3.63, 3.8) is 0 Å². The SMILES string of the molecule is CSc1cccc(NC(=O)CSc2nc3c(oc4ccccc43)c(=O)n2C[C@H]2CCCO2)c1. The summed E-state index contributed by atoms with van der Waals surface area (Å²) in [4.78, 5) is 31.9. The smallest absolute Gasteiger partial charge is 0.297 e. The number of thioether (sulfide) groups is 2. The number of anilines is 1. The third kappa shape index (κ3) is 4.66. The Morgan fingerprint density at radius 3 is 2.94 bits per heavy atom. The van der Waals surface area contributed by atoms with Crippen LogP contribution in [0.4, 0.5) is 5.69 Å². The minimum absolute atomic E-state index is 0.0474. The predicted octanol–water partition coefficient (Wildman–Crippen LogP) is 4.77. The van der Waals surface area contributed by atoms with E-state index in [2.05, 4.69) is 5.32 Å². The van der Waals surface area contributed by atoms with Crippen molar-refractivity contribution in [1.29, 1.82) is 0 Å². The lowest BCUT2D eigenvalue weighted by molar-refractivity contribution is -0.113. The van der Waals surface area contributed by atoms with E-state index in [0.717, 1.165) is 28.8 Å². The molecule has 1 N–H and O–H groups in total. The molecule has 2 aromatic heterocycles. The summed E-state index contributed by atoms with van der Waals surface area (Å²) in [5, 5.41) is 4.20. The van der Waals surface area contributed by atoms with E-state index in [1.807, 2.05) is 54.8 Å². The monoisotopic (exact) mass is 481 g/mol. The second kappa shape index (κ2) is 9.62. The Labute approximate surface area is 198 Å². The van der Waals surface area contributed by atoms with Crippen molar-refractivity contribution in [3.05, 3.63) is 58.9 Å². The molecule has 9 heteroatoms. The number of furan rings is 1. The Morgan fingerprint density at radius 1 is 1.24 bits per heavy atom. The molecule has 1 amide bonds. The topological polar surface area (TPSA) is 86.4 Å². The summed E-state index contributed by atoms with van der Waals surface area (Å²) in [6.45, 7) is 1.08. The fraction of sp³-hybridized carbons (Fsp3) is 0.292. The summed E-state index contributed by atoms with van der Waals surface area (Å²) in [5.74, 6) is -0.0312. The molecular formula is C24H23N3O4S2. The Balaban J connectivity index is 1.45. The molecule has 0 bridgehead atoms. The van der Waals surface area contributed by atoms with E-state index in [-0.39, 0.29) is 28.9 Å². The number of para-hydroxylation sites is 1. The van der Waals surface area contributed by atoms with Gasteiger partial charge in [-0.25, -0.2) is 4.98 Å². The Hall–Kier alpha value is -2.75. The molecule has 3 heterocycles. The molecule has 1 aliphatic heterocycles. The van der Waals surface area contributed by atoms with E-state index in [9.17, 15) is 9.59 Å². The number of carbonyl (C=O) groups excluding carboxylic acids is 1. The van der Waals surface area contributed by atoms with Crippen LogP contribution in [-0.2, 0) is 16.1 Å². The molecule has 2 aromatic carbocycles. The number of aromatic nitrogens is 2. The van der Waals surface area contributed by atoms with Gasteiger partial charge in [-0.1, -0.05) is 30.0 Å². The fourth-order valence-corrected chi connectivity index (χ4v) is 5.21. The first-order valence-corrected chi connectivity index (χ1v) is 12.9. The minimum Gasteiger partial charge on any atom is -0.448 e. The van der Waals surface area contributed by atoms with Gasteiger partial charge in [0.05, 0.1) is 18.4 Å². The van der Waals surface area contributed by atoms with Gasteiger partial charge in [0, 0.05) is 22.6 Å². The molecular weight excluding hydrogens is 458 g/mol. The highest BCUT2D eigenvalue weighted by Gasteiger charge is 2.23. The number of nitrogens with one attached hydrogen (secondary N) is 1. The lowest BCUT2D eigenvalue weighted by Crippen LogP contribution is -2.29. The number of nitrogens with zero attached hydrogens (tertiary/aromatic N) is 2. The van der Waals surface area contributed by atoms with Crippen LogP contribution in [0.15, 0.2) is 67.8 Å². The van der Waals surface area contributed by atoms with Crippen LogP contribution in [0.2, 0.25) is 0 Å². The van der Waals surface area contributed by atoms with Crippen LogP contribution >= 0.6 is 23.5 Å². The van der Waals surface area contributed by atoms with Gasteiger partial charge in [-0.3, -0.25) is 14.2 Å². The summed E-state index contributed by atoms with van der Waals surface area (Å²) >= 11 is 2.86. The van der Waals surface area contributed by atoms with E-state index < -0.39 is 0 Å². The van der Waals surface area contributed by atoms with Crippen LogP contribution in [0.5, 0.6) is 0 Å². The van der Waals surface area contributed by atoms with Gasteiger partial charge in [0.2, 0.25) is 11.5 Å². The van der Waals surface area contributed by atoms with Crippen molar-refractivity contribution < 1.29 is 13.9 Å². The maximum absolute atomic E-state index is 13.4. The molecule has 170 valence electrons. The third-order valence-corrected chi connectivity index (χ3v) is 7.24. The summed E-state index contributed by atoms with van der Waals surface area (Å²) < 4.78 is 13.2. The standard InChI is InChI=1S/C24H23N3O4S2/c1-32-17-8-4-6-15(12-17)25-20(28)14-33-24-26-21-18-9-2-3-10-19(18)31-22(21)23(29)27(24)13-16-7-5-11-30-16/h2-4,6,8-10,12,16H,5,7,11,13-14H2,1H3,(H,25,28)/t16-/m1/s1.